The molecule has 6 rings (SSSR count). The Morgan fingerprint density at radius 3 is 1.92 bits per heavy atom. The zero-order valence-corrected chi connectivity index (χ0v) is 21.2. The first-order valence-electron chi connectivity index (χ1n) is 13.9. The van der Waals surface area contributed by atoms with Crippen molar-refractivity contribution in [3.05, 3.63) is 59.7 Å². The number of hydrogen-bond donors (Lipinski definition) is 0. The molecule has 0 radical (unpaired) electrons. The van der Waals surface area contributed by atoms with E-state index in [4.69, 9.17) is 0 Å². The van der Waals surface area contributed by atoms with E-state index >= 15 is 0 Å². The highest BCUT2D eigenvalue weighted by atomic mass is 16.1. The average molecular weight is 481 g/mol. The first-order chi connectivity index (χ1) is 17.7. The number of likely N-dealkylation sites (tertiary alicyclic amines) is 2. The molecular weight excluding hydrogens is 444 g/mol. The van der Waals surface area contributed by atoms with Gasteiger partial charge in [0.1, 0.15) is 0 Å². The molecule has 36 heavy (non-hydrogen) atoms. The van der Waals surface area contributed by atoms with Crippen molar-refractivity contribution in [2.24, 2.45) is 0 Å². The van der Waals surface area contributed by atoms with E-state index in [9.17, 15) is 9.59 Å². The van der Waals surface area contributed by atoms with Crippen LogP contribution in [0.4, 0.5) is 0 Å². The lowest BCUT2D eigenvalue weighted by Crippen LogP contribution is -2.31. The third-order valence-electron chi connectivity index (χ3n) is 8.47. The molecular formula is C32H36N2O2. The summed E-state index contributed by atoms with van der Waals surface area (Å²) in [5.41, 5.74) is 6.24. The second-order valence-electron chi connectivity index (χ2n) is 10.8. The molecule has 2 aliphatic heterocycles. The highest BCUT2D eigenvalue weighted by Gasteiger charge is 2.25. The molecule has 0 N–H and O–H groups in total. The van der Waals surface area contributed by atoms with E-state index in [1.165, 1.54) is 49.7 Å². The van der Waals surface area contributed by atoms with E-state index in [0.29, 0.717) is 12.8 Å². The van der Waals surface area contributed by atoms with Gasteiger partial charge in [-0.25, -0.2) is 0 Å². The summed E-state index contributed by atoms with van der Waals surface area (Å²) < 4.78 is 0. The van der Waals surface area contributed by atoms with E-state index in [1.54, 1.807) is 0 Å². The van der Waals surface area contributed by atoms with E-state index in [2.05, 4.69) is 46.2 Å². The predicted molar refractivity (Wildman–Crippen MR) is 147 cm³/mol. The predicted octanol–water partition coefficient (Wildman–Crippen LogP) is 6.60. The number of nitrogens with zero attached hydrogens (tertiary/aromatic N) is 2. The number of ketones is 2. The van der Waals surface area contributed by atoms with Gasteiger partial charge in [-0.1, -0.05) is 55.3 Å². The van der Waals surface area contributed by atoms with Crippen LogP contribution < -0.4 is 0 Å². The second kappa shape index (κ2) is 10.3. The number of hydrogen-bond acceptors (Lipinski definition) is 4. The fourth-order valence-electron chi connectivity index (χ4n) is 6.44. The molecule has 0 bridgehead atoms. The lowest BCUT2D eigenvalue weighted by Gasteiger charge is -2.26. The van der Waals surface area contributed by atoms with Gasteiger partial charge in [0.2, 0.25) is 0 Å². The number of Topliss-reactive ketones (excluding diaryl/α,β-unsaturated/α-hetero) is 2. The Kier molecular flexibility index (Phi) is 6.73. The topological polar surface area (TPSA) is 40.6 Å². The molecule has 0 saturated carbocycles. The van der Waals surface area contributed by atoms with Crippen molar-refractivity contribution in [2.75, 3.05) is 39.3 Å². The van der Waals surface area contributed by atoms with Crippen LogP contribution in [0.1, 0.15) is 72.1 Å². The van der Waals surface area contributed by atoms with Crippen LogP contribution >= 0.6 is 0 Å². The normalized spacial score (nSPS) is 17.9. The van der Waals surface area contributed by atoms with Crippen LogP contribution in [-0.4, -0.2) is 60.6 Å². The lowest BCUT2D eigenvalue weighted by atomic mass is 9.95. The summed E-state index contributed by atoms with van der Waals surface area (Å²) in [6, 6.07) is 16.6. The molecule has 2 fully saturated rings. The number of fused-ring (bicyclic) bond motifs is 3. The summed E-state index contributed by atoms with van der Waals surface area (Å²) in [7, 11) is 0. The molecule has 4 nitrogen and oxygen atoms in total. The molecule has 186 valence electrons. The summed E-state index contributed by atoms with van der Waals surface area (Å²) in [6.45, 7) is 6.18. The highest BCUT2D eigenvalue weighted by Crippen LogP contribution is 2.48. The summed E-state index contributed by atoms with van der Waals surface area (Å²) in [4.78, 5) is 31.2. The van der Waals surface area contributed by atoms with Gasteiger partial charge >= 0.3 is 0 Å². The summed E-state index contributed by atoms with van der Waals surface area (Å²) in [6.07, 6.45) is 8.76. The Morgan fingerprint density at radius 1 is 0.611 bits per heavy atom. The standard InChI is InChI=1S/C32H36N2O2/c35-30(14-20-33-16-3-1-4-17-33)23-10-11-24-26-8-7-9-27-25(12-13-28(32(26)27)29(24)22-23)31(36)15-21-34-18-5-2-6-19-34/h7-13,22H,1-6,14-21H2. The monoisotopic (exact) mass is 480 g/mol. The Morgan fingerprint density at radius 2 is 1.22 bits per heavy atom. The summed E-state index contributed by atoms with van der Waals surface area (Å²) in [5.74, 6) is 0.453. The van der Waals surface area contributed by atoms with Gasteiger partial charge in [-0.2, -0.15) is 0 Å². The van der Waals surface area contributed by atoms with Crippen LogP contribution in [0.25, 0.3) is 33.0 Å². The molecule has 0 unspecified atom stereocenters. The van der Waals surface area contributed by atoms with Gasteiger partial charge in [0.25, 0.3) is 0 Å². The van der Waals surface area contributed by atoms with Crippen molar-refractivity contribution in [1.82, 2.24) is 9.80 Å². The van der Waals surface area contributed by atoms with Crippen molar-refractivity contribution in [3.63, 3.8) is 0 Å². The van der Waals surface area contributed by atoms with Gasteiger partial charge in [-0.3, -0.25) is 9.59 Å². The van der Waals surface area contributed by atoms with Crippen LogP contribution in [0.5, 0.6) is 0 Å². The number of carbonyl (C=O) groups excluding carboxylic acids is 2. The summed E-state index contributed by atoms with van der Waals surface area (Å²) >= 11 is 0. The molecule has 0 aromatic heterocycles. The van der Waals surface area contributed by atoms with E-state index in [0.717, 1.165) is 72.3 Å². The number of piperidine rings is 2. The minimum absolute atomic E-state index is 0.222. The molecule has 0 spiro atoms. The number of carbonyl (C=O) groups is 2. The molecule has 3 aromatic rings. The largest absolute Gasteiger partial charge is 0.303 e. The fourth-order valence-corrected chi connectivity index (χ4v) is 6.44. The third-order valence-corrected chi connectivity index (χ3v) is 8.47. The Hall–Kier alpha value is -2.82. The van der Waals surface area contributed by atoms with Crippen LogP contribution in [0.2, 0.25) is 0 Å². The minimum Gasteiger partial charge on any atom is -0.303 e. The SMILES string of the molecule is O=C(CCN1CCCCC1)c1ccc2c(c1)-c1ccc(C(=O)CCN3CCCCC3)c3cccc-2c13. The molecule has 1 aliphatic carbocycles. The van der Waals surface area contributed by atoms with Crippen LogP contribution in [0.3, 0.4) is 0 Å². The lowest BCUT2D eigenvalue weighted by molar-refractivity contribution is 0.0951. The molecule has 0 atom stereocenters. The number of benzene rings is 3. The van der Waals surface area contributed by atoms with E-state index < -0.39 is 0 Å². The van der Waals surface area contributed by atoms with Crippen molar-refractivity contribution in [2.45, 2.75) is 51.4 Å². The van der Waals surface area contributed by atoms with Gasteiger partial charge in [0.15, 0.2) is 11.6 Å². The average Bonchev–Trinajstić information content (AvgIpc) is 3.26. The number of rotatable bonds is 8. The van der Waals surface area contributed by atoms with E-state index in [-0.39, 0.29) is 11.6 Å². The Balaban J connectivity index is 1.24. The van der Waals surface area contributed by atoms with Gasteiger partial charge in [-0.05, 0) is 91.0 Å². The maximum atomic E-state index is 13.3. The van der Waals surface area contributed by atoms with Crippen molar-refractivity contribution >= 4 is 22.3 Å². The van der Waals surface area contributed by atoms with Crippen molar-refractivity contribution in [1.29, 1.82) is 0 Å². The van der Waals surface area contributed by atoms with Crippen molar-refractivity contribution in [3.8, 4) is 22.3 Å². The maximum absolute atomic E-state index is 13.3. The Bertz CT molecular complexity index is 1300. The zero-order chi connectivity index (χ0) is 24.5. The van der Waals surface area contributed by atoms with Crippen LogP contribution in [0, 0.1) is 0 Å². The van der Waals surface area contributed by atoms with Gasteiger partial charge in [0.05, 0.1) is 0 Å². The third kappa shape index (κ3) is 4.53. The van der Waals surface area contributed by atoms with Gasteiger partial charge in [0, 0.05) is 37.1 Å². The van der Waals surface area contributed by atoms with Crippen LogP contribution in [0.15, 0.2) is 48.5 Å². The molecule has 0 amide bonds. The zero-order valence-electron chi connectivity index (χ0n) is 21.2. The quantitative estimate of drug-likeness (QED) is 0.266. The molecule has 4 heteroatoms. The second-order valence-corrected chi connectivity index (χ2v) is 10.8. The first-order valence-corrected chi connectivity index (χ1v) is 13.9. The van der Waals surface area contributed by atoms with Crippen LogP contribution in [-0.2, 0) is 0 Å². The van der Waals surface area contributed by atoms with Gasteiger partial charge in [-0.15, -0.1) is 0 Å². The van der Waals surface area contributed by atoms with E-state index in [1.807, 2.05) is 12.1 Å². The van der Waals surface area contributed by atoms with Crippen molar-refractivity contribution < 1.29 is 9.59 Å². The molecule has 2 saturated heterocycles. The molecule has 3 aromatic carbocycles. The highest BCUT2D eigenvalue weighted by molar-refractivity contribution is 6.21. The fraction of sp³-hybridized carbons (Fsp3) is 0.438. The maximum Gasteiger partial charge on any atom is 0.164 e. The minimum atomic E-state index is 0.222. The first kappa shape index (κ1) is 23.6. The molecule has 3 aliphatic rings. The van der Waals surface area contributed by atoms with Gasteiger partial charge < -0.3 is 9.80 Å². The Labute approximate surface area is 214 Å². The smallest absolute Gasteiger partial charge is 0.164 e. The summed E-state index contributed by atoms with van der Waals surface area (Å²) in [5, 5.41) is 2.21. The molecule has 2 heterocycles.